The molecule has 202 valence electrons. The number of rotatable bonds is 7. The van der Waals surface area contributed by atoms with Crippen LogP contribution in [0.3, 0.4) is 0 Å². The molecule has 0 saturated heterocycles. The highest BCUT2D eigenvalue weighted by Gasteiger charge is 2.36. The third kappa shape index (κ3) is 5.62. The van der Waals surface area contributed by atoms with Gasteiger partial charge in [-0.05, 0) is 68.2 Å². The van der Waals surface area contributed by atoms with E-state index in [0.29, 0.717) is 35.3 Å². The molecule has 3 aromatic carbocycles. The van der Waals surface area contributed by atoms with Gasteiger partial charge in [-0.1, -0.05) is 23.7 Å². The van der Waals surface area contributed by atoms with E-state index in [-0.39, 0.29) is 11.8 Å². The highest BCUT2D eigenvalue weighted by atomic mass is 35.5. The van der Waals surface area contributed by atoms with E-state index in [9.17, 15) is 9.59 Å². The zero-order chi connectivity index (χ0) is 27.7. The lowest BCUT2D eigenvalue weighted by Crippen LogP contribution is -2.35. The Morgan fingerprint density at radius 1 is 1.10 bits per heavy atom. The molecule has 2 heterocycles. The summed E-state index contributed by atoms with van der Waals surface area (Å²) >= 11 is 6.21. The largest absolute Gasteiger partial charge is 0.490 e. The molecule has 8 nitrogen and oxygen atoms in total. The molecule has 0 aromatic heterocycles. The Balaban J connectivity index is 1.56. The van der Waals surface area contributed by atoms with Crippen LogP contribution >= 0.6 is 11.6 Å². The first-order valence-corrected chi connectivity index (χ1v) is 13.3. The second kappa shape index (κ2) is 11.1. The van der Waals surface area contributed by atoms with Gasteiger partial charge in [0.05, 0.1) is 23.6 Å². The second-order valence-corrected chi connectivity index (χ2v) is 10.5. The van der Waals surface area contributed by atoms with Crippen molar-refractivity contribution < 1.29 is 14.3 Å². The van der Waals surface area contributed by atoms with Crippen LogP contribution in [0.25, 0.3) is 0 Å². The number of hydrogen-bond donors (Lipinski definition) is 1. The number of nitrogens with one attached hydrogen (secondary N) is 1. The maximum Gasteiger partial charge on any atom is 0.238 e. The van der Waals surface area contributed by atoms with Gasteiger partial charge in [-0.25, -0.2) is 0 Å². The third-order valence-corrected chi connectivity index (χ3v) is 7.27. The molecule has 3 aromatic rings. The number of fused-ring (bicyclic) bond motifs is 2. The molecule has 39 heavy (non-hydrogen) atoms. The van der Waals surface area contributed by atoms with Crippen LogP contribution in [-0.2, 0) is 9.59 Å². The summed E-state index contributed by atoms with van der Waals surface area (Å²) in [7, 11) is 5.99. The summed E-state index contributed by atoms with van der Waals surface area (Å²) in [4.78, 5) is 36.6. The molecular formula is C30H32ClN5O3. The monoisotopic (exact) mass is 545 g/mol. The Hall–Kier alpha value is -3.88. The quantitative estimate of drug-likeness (QED) is 0.426. The zero-order valence-electron chi connectivity index (χ0n) is 22.6. The summed E-state index contributed by atoms with van der Waals surface area (Å²) in [5.41, 5.74) is 5.39. The van der Waals surface area contributed by atoms with Crippen molar-refractivity contribution >= 4 is 51.9 Å². The van der Waals surface area contributed by atoms with Crippen molar-refractivity contribution in [3.8, 4) is 5.75 Å². The van der Waals surface area contributed by atoms with Crippen LogP contribution in [0, 0.1) is 0 Å². The van der Waals surface area contributed by atoms with Crippen LogP contribution in [0.5, 0.6) is 5.75 Å². The van der Waals surface area contributed by atoms with E-state index in [4.69, 9.17) is 21.3 Å². The topological polar surface area (TPSA) is 77.5 Å². The normalized spacial score (nSPS) is 16.5. The maximum absolute atomic E-state index is 13.3. The van der Waals surface area contributed by atoms with Crippen molar-refractivity contribution in [2.45, 2.75) is 12.8 Å². The number of anilines is 3. The van der Waals surface area contributed by atoms with Crippen molar-refractivity contribution in [2.75, 3.05) is 62.5 Å². The predicted octanol–water partition coefficient (Wildman–Crippen LogP) is 4.94. The Labute approximate surface area is 233 Å². The average molecular weight is 546 g/mol. The van der Waals surface area contributed by atoms with Crippen molar-refractivity contribution in [2.24, 2.45) is 4.99 Å². The zero-order valence-corrected chi connectivity index (χ0v) is 23.3. The van der Waals surface area contributed by atoms with Crippen LogP contribution in [0.15, 0.2) is 65.7 Å². The number of hydrogen-bond acceptors (Lipinski definition) is 6. The number of nitrogens with zero attached hydrogens (tertiary/aromatic N) is 4. The molecule has 0 bridgehead atoms. The summed E-state index contributed by atoms with van der Waals surface area (Å²) in [6.45, 7) is 4.30. The Morgan fingerprint density at radius 2 is 1.87 bits per heavy atom. The van der Waals surface area contributed by atoms with E-state index < -0.39 is 5.92 Å². The molecule has 2 amide bonds. The number of halogens is 1. The van der Waals surface area contributed by atoms with Gasteiger partial charge in [0.2, 0.25) is 11.8 Å². The Morgan fingerprint density at radius 3 is 2.59 bits per heavy atom. The van der Waals surface area contributed by atoms with E-state index >= 15 is 0 Å². The first-order chi connectivity index (χ1) is 18.7. The number of benzene rings is 3. The van der Waals surface area contributed by atoms with Gasteiger partial charge in [-0.2, -0.15) is 0 Å². The molecule has 0 radical (unpaired) electrons. The number of likely N-dealkylation sites (N-methyl/N-ethyl adjacent to an activating group) is 2. The molecule has 2 aliphatic rings. The first kappa shape index (κ1) is 26.7. The molecule has 1 atom stereocenters. The molecule has 9 heteroatoms. The smallest absolute Gasteiger partial charge is 0.238 e. The van der Waals surface area contributed by atoms with Gasteiger partial charge in [0.25, 0.3) is 0 Å². The molecular weight excluding hydrogens is 514 g/mol. The van der Waals surface area contributed by atoms with Crippen molar-refractivity contribution in [1.29, 1.82) is 0 Å². The molecule has 2 aliphatic heterocycles. The van der Waals surface area contributed by atoms with E-state index in [0.717, 1.165) is 41.3 Å². The standard InChI is InChI=1S/C30H32ClN5O3/c1-19(37)36(14-13-34(2)3)23-9-7-22(8-10-23)32-29(20-5-12-26-27(17-20)39-16-15-35(26)4)28-24-11-6-21(31)18-25(24)33-30(28)38/h5-12,17-18,28H,13-16H2,1-4H3,(H,33,38). The molecule has 1 unspecified atom stereocenters. The Bertz CT molecular complexity index is 1440. The summed E-state index contributed by atoms with van der Waals surface area (Å²) in [5.74, 6) is -0.0438. The van der Waals surface area contributed by atoms with Crippen LogP contribution < -0.4 is 19.9 Å². The van der Waals surface area contributed by atoms with Gasteiger partial charge in [-0.15, -0.1) is 0 Å². The average Bonchev–Trinajstić information content (AvgIpc) is 3.22. The lowest BCUT2D eigenvalue weighted by molar-refractivity contribution is -0.117. The summed E-state index contributed by atoms with van der Waals surface area (Å²) in [5, 5.41) is 3.52. The molecule has 0 saturated carbocycles. The van der Waals surface area contributed by atoms with Crippen molar-refractivity contribution in [3.05, 3.63) is 76.8 Å². The Kier molecular flexibility index (Phi) is 7.59. The summed E-state index contributed by atoms with van der Waals surface area (Å²) in [6, 6.07) is 18.9. The van der Waals surface area contributed by atoms with Gasteiger partial charge < -0.3 is 24.8 Å². The number of carbonyl (C=O) groups excluding carboxylic acids is 2. The predicted molar refractivity (Wildman–Crippen MR) is 157 cm³/mol. The lowest BCUT2D eigenvalue weighted by Gasteiger charge is -2.28. The van der Waals surface area contributed by atoms with E-state index in [2.05, 4.69) is 10.2 Å². The minimum absolute atomic E-state index is 0.0225. The van der Waals surface area contributed by atoms with E-state index in [1.54, 1.807) is 24.0 Å². The number of amides is 2. The first-order valence-electron chi connectivity index (χ1n) is 12.9. The summed E-state index contributed by atoms with van der Waals surface area (Å²) in [6.07, 6.45) is 0. The second-order valence-electron chi connectivity index (χ2n) is 10.1. The van der Waals surface area contributed by atoms with Crippen molar-refractivity contribution in [1.82, 2.24) is 4.90 Å². The highest BCUT2D eigenvalue weighted by Crippen LogP contribution is 2.40. The summed E-state index contributed by atoms with van der Waals surface area (Å²) < 4.78 is 5.96. The van der Waals surface area contributed by atoms with E-state index in [1.165, 1.54) is 0 Å². The number of carbonyl (C=O) groups is 2. The van der Waals surface area contributed by atoms with Crippen molar-refractivity contribution in [3.63, 3.8) is 0 Å². The molecule has 0 spiro atoms. The van der Waals surface area contributed by atoms with E-state index in [1.807, 2.05) is 74.6 Å². The number of ether oxygens (including phenoxy) is 1. The fourth-order valence-electron chi connectivity index (χ4n) is 4.93. The fraction of sp³-hybridized carbons (Fsp3) is 0.300. The highest BCUT2D eigenvalue weighted by molar-refractivity contribution is 6.31. The lowest BCUT2D eigenvalue weighted by atomic mass is 9.90. The maximum atomic E-state index is 13.3. The SMILES string of the molecule is CC(=O)N(CCN(C)C)c1ccc(N=C(c2ccc3c(c2)OCCN3C)C2C(=O)Nc3cc(Cl)ccc32)cc1. The molecule has 1 N–H and O–H groups in total. The van der Waals surface area contributed by atoms with Gasteiger partial charge in [0.15, 0.2) is 0 Å². The van der Waals surface area contributed by atoms with Gasteiger partial charge >= 0.3 is 0 Å². The fourth-order valence-corrected chi connectivity index (χ4v) is 5.11. The van der Waals surface area contributed by atoms with Crippen LogP contribution in [0.4, 0.5) is 22.7 Å². The number of aliphatic imine (C=N–C) groups is 1. The van der Waals surface area contributed by atoms with Gasteiger partial charge in [0, 0.05) is 49.0 Å². The van der Waals surface area contributed by atoms with Gasteiger partial charge in [0.1, 0.15) is 18.3 Å². The molecule has 0 aliphatic carbocycles. The minimum Gasteiger partial charge on any atom is -0.490 e. The molecule has 0 fully saturated rings. The minimum atomic E-state index is -0.620. The van der Waals surface area contributed by atoms with Crippen LogP contribution in [-0.4, -0.2) is 69.8 Å². The van der Waals surface area contributed by atoms with Crippen LogP contribution in [0.1, 0.15) is 24.0 Å². The van der Waals surface area contributed by atoms with Crippen LogP contribution in [0.2, 0.25) is 5.02 Å². The molecule has 5 rings (SSSR count). The third-order valence-electron chi connectivity index (χ3n) is 7.03. The van der Waals surface area contributed by atoms with Gasteiger partial charge in [-0.3, -0.25) is 14.6 Å².